The lowest BCUT2D eigenvalue weighted by atomic mass is 10.0. The summed E-state index contributed by atoms with van der Waals surface area (Å²) in [5, 5.41) is 3.74. The van der Waals surface area contributed by atoms with E-state index < -0.39 is 0 Å². The first kappa shape index (κ1) is 17.6. The van der Waals surface area contributed by atoms with E-state index >= 15 is 0 Å². The van der Waals surface area contributed by atoms with Crippen LogP contribution in [-0.2, 0) is 11.2 Å². The van der Waals surface area contributed by atoms with Crippen molar-refractivity contribution in [3.8, 4) is 5.75 Å². The average Bonchev–Trinajstić information content (AvgIpc) is 2.61. The first-order chi connectivity index (χ1) is 12.1. The van der Waals surface area contributed by atoms with Crippen LogP contribution in [-0.4, -0.2) is 26.1 Å². The van der Waals surface area contributed by atoms with Gasteiger partial charge in [-0.3, -0.25) is 4.79 Å². The summed E-state index contributed by atoms with van der Waals surface area (Å²) >= 11 is 6.03. The van der Waals surface area contributed by atoms with E-state index in [0.29, 0.717) is 11.6 Å². The number of benzene rings is 2. The molecule has 1 aliphatic heterocycles. The summed E-state index contributed by atoms with van der Waals surface area (Å²) in [5.41, 5.74) is 3.36. The summed E-state index contributed by atoms with van der Waals surface area (Å²) in [4.78, 5) is 14.6. The summed E-state index contributed by atoms with van der Waals surface area (Å²) in [6.07, 6.45) is 2.06. The van der Waals surface area contributed by atoms with Gasteiger partial charge in [0.25, 0.3) is 0 Å². The molecule has 0 saturated carbocycles. The number of amides is 1. The highest BCUT2D eigenvalue weighted by Gasteiger charge is 2.20. The standard InChI is InChI=1S/C20H23ClN2O2/c1-14(15-5-3-7-17(21)11-15)22-20(24)13-23-10-4-6-16-12-18(25-2)8-9-19(16)23/h3,5,7-9,11-12,14H,4,6,10,13H2,1-2H3,(H,22,24). The third kappa shape index (κ3) is 4.26. The zero-order valence-corrected chi connectivity index (χ0v) is 15.3. The number of rotatable bonds is 5. The molecule has 25 heavy (non-hydrogen) atoms. The molecule has 1 N–H and O–H groups in total. The van der Waals surface area contributed by atoms with Crippen molar-refractivity contribution in [3.05, 3.63) is 58.6 Å². The summed E-state index contributed by atoms with van der Waals surface area (Å²) in [6, 6.07) is 13.6. The van der Waals surface area contributed by atoms with Gasteiger partial charge < -0.3 is 15.0 Å². The topological polar surface area (TPSA) is 41.6 Å². The van der Waals surface area contributed by atoms with Crippen molar-refractivity contribution in [3.63, 3.8) is 0 Å². The Balaban J connectivity index is 1.66. The summed E-state index contributed by atoms with van der Waals surface area (Å²) in [5.74, 6) is 0.871. The second-order valence-corrected chi connectivity index (χ2v) is 6.80. The van der Waals surface area contributed by atoms with Gasteiger partial charge in [-0.05, 0) is 61.2 Å². The molecule has 0 aromatic heterocycles. The largest absolute Gasteiger partial charge is 0.497 e. The Morgan fingerprint density at radius 1 is 1.32 bits per heavy atom. The molecule has 1 heterocycles. The minimum absolute atomic E-state index is 0.0103. The normalized spacial score (nSPS) is 14.6. The van der Waals surface area contributed by atoms with Gasteiger partial charge in [0, 0.05) is 17.3 Å². The molecular weight excluding hydrogens is 336 g/mol. The molecule has 0 saturated heterocycles. The highest BCUT2D eigenvalue weighted by Crippen LogP contribution is 2.30. The molecule has 5 heteroatoms. The fourth-order valence-electron chi connectivity index (χ4n) is 3.26. The van der Waals surface area contributed by atoms with Gasteiger partial charge in [0.05, 0.1) is 19.7 Å². The van der Waals surface area contributed by atoms with Gasteiger partial charge >= 0.3 is 0 Å². The Hall–Kier alpha value is -2.20. The monoisotopic (exact) mass is 358 g/mol. The third-order valence-electron chi connectivity index (χ3n) is 4.56. The van der Waals surface area contributed by atoms with E-state index in [4.69, 9.17) is 16.3 Å². The molecule has 0 aliphatic carbocycles. The summed E-state index contributed by atoms with van der Waals surface area (Å²) in [6.45, 7) is 3.21. The molecule has 0 spiro atoms. The number of nitrogens with one attached hydrogen (secondary N) is 1. The average molecular weight is 359 g/mol. The van der Waals surface area contributed by atoms with E-state index in [1.165, 1.54) is 5.56 Å². The minimum atomic E-state index is -0.0775. The van der Waals surface area contributed by atoms with Crippen LogP contribution in [0.4, 0.5) is 5.69 Å². The Morgan fingerprint density at radius 3 is 2.92 bits per heavy atom. The predicted molar refractivity (Wildman–Crippen MR) is 102 cm³/mol. The van der Waals surface area contributed by atoms with Crippen LogP contribution in [0.3, 0.4) is 0 Å². The number of hydrogen-bond donors (Lipinski definition) is 1. The summed E-state index contributed by atoms with van der Waals surface area (Å²) < 4.78 is 5.30. The van der Waals surface area contributed by atoms with Crippen molar-refractivity contribution >= 4 is 23.2 Å². The number of ether oxygens (including phenoxy) is 1. The number of fused-ring (bicyclic) bond motifs is 1. The minimum Gasteiger partial charge on any atom is -0.497 e. The zero-order valence-electron chi connectivity index (χ0n) is 14.6. The fourth-order valence-corrected chi connectivity index (χ4v) is 3.46. The second-order valence-electron chi connectivity index (χ2n) is 6.36. The molecule has 1 unspecified atom stereocenters. The van der Waals surface area contributed by atoms with Gasteiger partial charge in [0.15, 0.2) is 0 Å². The SMILES string of the molecule is COc1ccc2c(c1)CCCN2CC(=O)NC(C)c1cccc(Cl)c1. The van der Waals surface area contributed by atoms with Gasteiger partial charge in [-0.15, -0.1) is 0 Å². The van der Waals surface area contributed by atoms with Gasteiger partial charge in [0.2, 0.25) is 5.91 Å². The van der Waals surface area contributed by atoms with Gasteiger partial charge in [-0.1, -0.05) is 23.7 Å². The van der Waals surface area contributed by atoms with E-state index in [9.17, 15) is 4.79 Å². The van der Waals surface area contributed by atoms with Crippen LogP contribution in [0.2, 0.25) is 5.02 Å². The molecule has 132 valence electrons. The molecule has 3 rings (SSSR count). The Morgan fingerprint density at radius 2 is 2.16 bits per heavy atom. The third-order valence-corrected chi connectivity index (χ3v) is 4.80. The van der Waals surface area contributed by atoms with Crippen LogP contribution in [0.25, 0.3) is 0 Å². The number of anilines is 1. The van der Waals surface area contributed by atoms with Crippen molar-refractivity contribution < 1.29 is 9.53 Å². The number of carbonyl (C=O) groups is 1. The van der Waals surface area contributed by atoms with Crippen LogP contribution in [0, 0.1) is 0 Å². The number of carbonyl (C=O) groups excluding carboxylic acids is 1. The predicted octanol–water partition coefficient (Wildman–Crippen LogP) is 3.98. The molecule has 1 aliphatic rings. The molecule has 0 radical (unpaired) electrons. The maximum Gasteiger partial charge on any atom is 0.239 e. The highest BCUT2D eigenvalue weighted by molar-refractivity contribution is 6.30. The number of hydrogen-bond acceptors (Lipinski definition) is 3. The first-order valence-electron chi connectivity index (χ1n) is 8.53. The molecule has 1 amide bonds. The van der Waals surface area contributed by atoms with Crippen LogP contribution < -0.4 is 15.0 Å². The van der Waals surface area contributed by atoms with Crippen molar-refractivity contribution in [2.75, 3.05) is 25.1 Å². The van der Waals surface area contributed by atoms with E-state index in [0.717, 1.165) is 36.4 Å². The van der Waals surface area contributed by atoms with E-state index in [2.05, 4.69) is 16.3 Å². The number of halogens is 1. The molecule has 2 aromatic rings. The Labute approximate surface area is 153 Å². The number of nitrogens with zero attached hydrogens (tertiary/aromatic N) is 1. The first-order valence-corrected chi connectivity index (χ1v) is 8.91. The van der Waals surface area contributed by atoms with Crippen molar-refractivity contribution in [1.82, 2.24) is 5.32 Å². The smallest absolute Gasteiger partial charge is 0.239 e. The maximum absolute atomic E-state index is 12.5. The van der Waals surface area contributed by atoms with Crippen LogP contribution in [0.15, 0.2) is 42.5 Å². The lowest BCUT2D eigenvalue weighted by Gasteiger charge is -2.31. The van der Waals surface area contributed by atoms with Crippen molar-refractivity contribution in [2.45, 2.75) is 25.8 Å². The Kier molecular flexibility index (Phi) is 5.49. The van der Waals surface area contributed by atoms with Crippen molar-refractivity contribution in [1.29, 1.82) is 0 Å². The lowest BCUT2D eigenvalue weighted by molar-refractivity contribution is -0.120. The fraction of sp³-hybridized carbons (Fsp3) is 0.350. The molecular formula is C20H23ClN2O2. The van der Waals surface area contributed by atoms with Crippen LogP contribution >= 0.6 is 11.6 Å². The van der Waals surface area contributed by atoms with Crippen LogP contribution in [0.5, 0.6) is 5.75 Å². The van der Waals surface area contributed by atoms with E-state index in [1.807, 2.05) is 43.3 Å². The van der Waals surface area contributed by atoms with Crippen molar-refractivity contribution in [2.24, 2.45) is 0 Å². The number of methoxy groups -OCH3 is 1. The van der Waals surface area contributed by atoms with Crippen LogP contribution in [0.1, 0.15) is 30.5 Å². The molecule has 0 fully saturated rings. The number of aryl methyl sites for hydroxylation is 1. The lowest BCUT2D eigenvalue weighted by Crippen LogP contribution is -2.40. The molecule has 0 bridgehead atoms. The van der Waals surface area contributed by atoms with Gasteiger partial charge in [-0.25, -0.2) is 0 Å². The molecule has 4 nitrogen and oxygen atoms in total. The van der Waals surface area contributed by atoms with Gasteiger partial charge in [-0.2, -0.15) is 0 Å². The highest BCUT2D eigenvalue weighted by atomic mass is 35.5. The van der Waals surface area contributed by atoms with E-state index in [1.54, 1.807) is 7.11 Å². The quantitative estimate of drug-likeness (QED) is 0.879. The Bertz CT molecular complexity index is 763. The van der Waals surface area contributed by atoms with E-state index in [-0.39, 0.29) is 11.9 Å². The second kappa shape index (κ2) is 7.79. The molecule has 1 atom stereocenters. The van der Waals surface area contributed by atoms with Gasteiger partial charge in [0.1, 0.15) is 5.75 Å². The molecule has 2 aromatic carbocycles. The maximum atomic E-state index is 12.5. The zero-order chi connectivity index (χ0) is 17.8. The summed E-state index contributed by atoms with van der Waals surface area (Å²) in [7, 11) is 1.67.